The van der Waals surface area contributed by atoms with Gasteiger partial charge in [0.25, 0.3) is 0 Å². The molecule has 0 saturated carbocycles. The summed E-state index contributed by atoms with van der Waals surface area (Å²) in [5.74, 6) is -0.953. The molecule has 0 N–H and O–H groups in total. The molecular formula is C68H108O6. The van der Waals surface area contributed by atoms with Crippen LogP contribution in [0.15, 0.2) is 146 Å². The fourth-order valence-electron chi connectivity index (χ4n) is 7.68. The lowest BCUT2D eigenvalue weighted by atomic mass is 10.1. The van der Waals surface area contributed by atoms with Crippen molar-refractivity contribution in [1.82, 2.24) is 0 Å². The molecule has 0 saturated heterocycles. The van der Waals surface area contributed by atoms with Gasteiger partial charge in [-0.1, -0.05) is 250 Å². The number of hydrogen-bond acceptors (Lipinski definition) is 6. The minimum absolute atomic E-state index is 0.0978. The SMILES string of the molecule is CC/C=C\C/C=C\C/C=C\C/C=C\C/C=C\C/C=C\C/C=C\CCCCCC(=O)OCC(COC(=O)CCCCCCCCCC)OC(=O)CCCCCCCCC/C=C\C/C=C\C/C=C\C/C=C\C/C=C\CC. The highest BCUT2D eigenvalue weighted by molar-refractivity contribution is 5.71. The molecule has 0 rings (SSSR count). The molecule has 0 spiro atoms. The maximum atomic E-state index is 12.9. The lowest BCUT2D eigenvalue weighted by Crippen LogP contribution is -2.30. The zero-order valence-corrected chi connectivity index (χ0v) is 47.5. The highest BCUT2D eigenvalue weighted by Crippen LogP contribution is 2.14. The fourth-order valence-corrected chi connectivity index (χ4v) is 7.68. The fraction of sp³-hybridized carbons (Fsp3) is 0.603. The normalized spacial score (nSPS) is 13.2. The lowest BCUT2D eigenvalue weighted by molar-refractivity contribution is -0.167. The molecule has 0 bridgehead atoms. The first-order valence-corrected chi connectivity index (χ1v) is 29.8. The van der Waals surface area contributed by atoms with Crippen LogP contribution in [0.2, 0.25) is 0 Å². The van der Waals surface area contributed by atoms with Gasteiger partial charge in [0, 0.05) is 19.3 Å². The van der Waals surface area contributed by atoms with Crippen LogP contribution in [0.5, 0.6) is 0 Å². The van der Waals surface area contributed by atoms with Crippen LogP contribution in [0.1, 0.15) is 245 Å². The Morgan fingerprint density at radius 3 is 0.838 bits per heavy atom. The topological polar surface area (TPSA) is 78.9 Å². The van der Waals surface area contributed by atoms with Gasteiger partial charge in [-0.25, -0.2) is 0 Å². The van der Waals surface area contributed by atoms with Gasteiger partial charge in [-0.2, -0.15) is 0 Å². The molecule has 1 atom stereocenters. The number of unbranched alkanes of at least 4 members (excludes halogenated alkanes) is 17. The summed E-state index contributed by atoms with van der Waals surface area (Å²) in [5.41, 5.74) is 0. The monoisotopic (exact) mass is 1020 g/mol. The summed E-state index contributed by atoms with van der Waals surface area (Å²) in [6, 6.07) is 0. The summed E-state index contributed by atoms with van der Waals surface area (Å²) in [7, 11) is 0. The average molecular weight is 1020 g/mol. The Bertz CT molecular complexity index is 1640. The van der Waals surface area contributed by atoms with Gasteiger partial charge in [0.15, 0.2) is 6.10 Å². The van der Waals surface area contributed by atoms with Crippen molar-refractivity contribution in [2.45, 2.75) is 252 Å². The van der Waals surface area contributed by atoms with Crippen molar-refractivity contribution in [3.05, 3.63) is 146 Å². The van der Waals surface area contributed by atoms with Crippen LogP contribution >= 0.6 is 0 Å². The van der Waals surface area contributed by atoms with Crippen molar-refractivity contribution in [2.75, 3.05) is 13.2 Å². The van der Waals surface area contributed by atoms with E-state index in [9.17, 15) is 14.4 Å². The lowest BCUT2D eigenvalue weighted by Gasteiger charge is -2.18. The maximum absolute atomic E-state index is 12.9. The van der Waals surface area contributed by atoms with Gasteiger partial charge in [-0.05, 0) is 122 Å². The van der Waals surface area contributed by atoms with Crippen LogP contribution in [-0.2, 0) is 28.6 Å². The number of rotatable bonds is 52. The van der Waals surface area contributed by atoms with Crippen molar-refractivity contribution in [2.24, 2.45) is 0 Å². The number of carbonyl (C=O) groups excluding carboxylic acids is 3. The first kappa shape index (κ1) is 69.3. The molecular weight excluding hydrogens is 913 g/mol. The summed E-state index contributed by atoms with van der Waals surface area (Å²) >= 11 is 0. The molecule has 0 heterocycles. The molecule has 0 aromatic carbocycles. The molecule has 1 unspecified atom stereocenters. The first-order chi connectivity index (χ1) is 36.5. The van der Waals surface area contributed by atoms with E-state index in [0.29, 0.717) is 19.3 Å². The number of allylic oxidation sites excluding steroid dienone is 24. The molecule has 0 aliphatic carbocycles. The third kappa shape index (κ3) is 58.2. The van der Waals surface area contributed by atoms with E-state index < -0.39 is 6.10 Å². The Morgan fingerprint density at radius 1 is 0.284 bits per heavy atom. The molecule has 416 valence electrons. The number of ether oxygens (including phenoxy) is 3. The van der Waals surface area contributed by atoms with Crippen molar-refractivity contribution in [1.29, 1.82) is 0 Å². The Labute approximate surface area is 455 Å². The highest BCUT2D eigenvalue weighted by atomic mass is 16.6. The standard InChI is InChI=1S/C68H108O6/c1-4-7-10-13-16-19-21-23-25-27-29-31-33-34-36-37-39-41-43-45-47-49-52-55-58-61-67(70)73-64-65(63-72-66(69)60-57-54-51-18-15-12-9-6-3)74-68(71)62-59-56-53-50-48-46-44-42-40-38-35-32-30-28-26-24-22-20-17-14-11-8-5-2/h7-8,10-11,16-17,19-20,23-26,29-32,34,36,38-41,45,47,65H,4-6,9,12-15,18,21-22,27-28,33,35,37,42-44,46,48-64H2,1-3H3/b10-7-,11-8-,19-16-,20-17-,25-23-,26-24-,31-29-,32-30-,36-34-,40-38-,41-39-,47-45-. The van der Waals surface area contributed by atoms with E-state index in [1.165, 1.54) is 51.4 Å². The second kappa shape index (κ2) is 60.8. The molecule has 0 aromatic rings. The minimum Gasteiger partial charge on any atom is -0.462 e. The Kier molecular flexibility index (Phi) is 57.0. The smallest absolute Gasteiger partial charge is 0.306 e. The Hall–Kier alpha value is -4.71. The van der Waals surface area contributed by atoms with E-state index in [1.807, 2.05) is 0 Å². The number of hydrogen-bond donors (Lipinski definition) is 0. The molecule has 0 fully saturated rings. The highest BCUT2D eigenvalue weighted by Gasteiger charge is 2.19. The zero-order valence-electron chi connectivity index (χ0n) is 47.5. The predicted molar refractivity (Wildman–Crippen MR) is 320 cm³/mol. The molecule has 0 aromatic heterocycles. The summed E-state index contributed by atoms with van der Waals surface area (Å²) in [4.78, 5) is 38.1. The van der Waals surface area contributed by atoms with Crippen LogP contribution < -0.4 is 0 Å². The Balaban J connectivity index is 4.35. The quantitative estimate of drug-likeness (QED) is 0.0261. The van der Waals surface area contributed by atoms with Crippen molar-refractivity contribution < 1.29 is 28.6 Å². The number of esters is 3. The molecule has 0 aliphatic heterocycles. The molecule has 0 amide bonds. The van der Waals surface area contributed by atoms with E-state index in [4.69, 9.17) is 14.2 Å². The largest absolute Gasteiger partial charge is 0.462 e. The molecule has 6 heteroatoms. The third-order valence-electron chi connectivity index (χ3n) is 12.1. The second-order valence-electron chi connectivity index (χ2n) is 19.1. The minimum atomic E-state index is -0.803. The van der Waals surface area contributed by atoms with Gasteiger partial charge in [-0.15, -0.1) is 0 Å². The molecule has 0 aliphatic rings. The van der Waals surface area contributed by atoms with E-state index in [-0.39, 0.29) is 31.1 Å². The van der Waals surface area contributed by atoms with Gasteiger partial charge in [-0.3, -0.25) is 14.4 Å². The van der Waals surface area contributed by atoms with Crippen LogP contribution in [0.25, 0.3) is 0 Å². The molecule has 6 nitrogen and oxygen atoms in total. The number of carbonyl (C=O) groups is 3. The zero-order chi connectivity index (χ0) is 53.6. The summed E-state index contributed by atoms with van der Waals surface area (Å²) in [6.07, 6.45) is 87.1. The summed E-state index contributed by atoms with van der Waals surface area (Å²) in [5, 5.41) is 0. The van der Waals surface area contributed by atoms with Crippen molar-refractivity contribution in [3.63, 3.8) is 0 Å². The van der Waals surface area contributed by atoms with Gasteiger partial charge in [0.1, 0.15) is 13.2 Å². The van der Waals surface area contributed by atoms with E-state index in [1.54, 1.807) is 0 Å². The van der Waals surface area contributed by atoms with E-state index >= 15 is 0 Å². The van der Waals surface area contributed by atoms with Gasteiger partial charge in [0.05, 0.1) is 0 Å². The second-order valence-corrected chi connectivity index (χ2v) is 19.1. The van der Waals surface area contributed by atoms with E-state index in [2.05, 4.69) is 167 Å². The maximum Gasteiger partial charge on any atom is 0.306 e. The molecule has 74 heavy (non-hydrogen) atoms. The Morgan fingerprint density at radius 2 is 0.527 bits per heavy atom. The predicted octanol–water partition coefficient (Wildman–Crippen LogP) is 20.4. The van der Waals surface area contributed by atoms with Crippen LogP contribution in [0, 0.1) is 0 Å². The molecule has 0 radical (unpaired) electrons. The van der Waals surface area contributed by atoms with Crippen molar-refractivity contribution >= 4 is 17.9 Å². The van der Waals surface area contributed by atoms with E-state index in [0.717, 1.165) is 154 Å². The van der Waals surface area contributed by atoms with Gasteiger partial charge >= 0.3 is 17.9 Å². The van der Waals surface area contributed by atoms with Crippen LogP contribution in [0.4, 0.5) is 0 Å². The summed E-state index contributed by atoms with van der Waals surface area (Å²) in [6.45, 7) is 6.33. The van der Waals surface area contributed by atoms with Gasteiger partial charge < -0.3 is 14.2 Å². The van der Waals surface area contributed by atoms with Crippen molar-refractivity contribution in [3.8, 4) is 0 Å². The van der Waals surface area contributed by atoms with Gasteiger partial charge in [0.2, 0.25) is 0 Å². The first-order valence-electron chi connectivity index (χ1n) is 29.8. The third-order valence-corrected chi connectivity index (χ3v) is 12.1. The van der Waals surface area contributed by atoms with Crippen LogP contribution in [0.3, 0.4) is 0 Å². The average Bonchev–Trinajstić information content (AvgIpc) is 3.40. The van der Waals surface area contributed by atoms with Crippen LogP contribution in [-0.4, -0.2) is 37.2 Å². The summed E-state index contributed by atoms with van der Waals surface area (Å²) < 4.78 is 16.8.